The Hall–Kier alpha value is -2.99. The molecule has 0 bridgehead atoms. The second-order valence-electron chi connectivity index (χ2n) is 2.60. The van der Waals surface area contributed by atoms with Gasteiger partial charge in [0, 0.05) is 6.08 Å². The number of aromatic hydroxyl groups is 1. The summed E-state index contributed by atoms with van der Waals surface area (Å²) in [6.07, 6.45) is 12.2. The predicted octanol–water partition coefficient (Wildman–Crippen LogP) is 1.71. The molecule has 0 spiro atoms. The van der Waals surface area contributed by atoms with E-state index in [9.17, 15) is 0 Å². The van der Waals surface area contributed by atoms with Crippen LogP contribution in [0.1, 0.15) is 0 Å². The molecular formula is C10H8LrN2O. The SMILES string of the molecule is Oc1cnn(C2=CC=CC=C=C2)c1.[Lr]. The van der Waals surface area contributed by atoms with E-state index in [2.05, 4.69) is 10.8 Å². The molecule has 0 saturated heterocycles. The second-order valence-corrected chi connectivity index (χ2v) is 2.60. The van der Waals surface area contributed by atoms with Crippen molar-refractivity contribution in [3.63, 3.8) is 0 Å². The Morgan fingerprint density at radius 3 is 2.93 bits per heavy atom. The van der Waals surface area contributed by atoms with Crippen LogP contribution in [0.15, 0.2) is 48.5 Å². The fourth-order valence-electron chi connectivity index (χ4n) is 1.04. The molecule has 4 heteroatoms. The van der Waals surface area contributed by atoms with Crippen LogP contribution < -0.4 is 0 Å². The molecule has 1 aliphatic rings. The molecule has 0 amide bonds. The first-order valence-electron chi connectivity index (χ1n) is 3.90. The number of aromatic nitrogens is 2. The Labute approximate surface area is 75.6 Å². The fraction of sp³-hybridized carbons (Fsp3) is 0. The van der Waals surface area contributed by atoms with Gasteiger partial charge in [-0.3, -0.25) is 0 Å². The zero-order valence-electron chi connectivity index (χ0n) is 7.14. The van der Waals surface area contributed by atoms with Crippen LogP contribution in [0.2, 0.25) is 0 Å². The summed E-state index contributed by atoms with van der Waals surface area (Å²) >= 11 is 0. The Kier molecular flexibility index (Phi) is 2.34. The van der Waals surface area contributed by atoms with Crippen LogP contribution in [-0.2, 0) is 0 Å². The van der Waals surface area contributed by atoms with Crippen LogP contribution in [0.3, 0.4) is 0 Å². The van der Waals surface area contributed by atoms with E-state index in [-0.39, 0.29) is 5.75 Å². The van der Waals surface area contributed by atoms with E-state index in [1.807, 2.05) is 24.3 Å². The van der Waals surface area contributed by atoms with Gasteiger partial charge in [-0.2, -0.15) is 5.10 Å². The van der Waals surface area contributed by atoms with E-state index in [1.54, 1.807) is 17.0 Å². The van der Waals surface area contributed by atoms with Crippen LogP contribution in [0.5, 0.6) is 5.75 Å². The topological polar surface area (TPSA) is 38.1 Å². The molecule has 1 heterocycles. The van der Waals surface area contributed by atoms with Crippen LogP contribution in [0, 0.1) is 0 Å². The molecule has 2 rings (SSSR count). The summed E-state index contributed by atoms with van der Waals surface area (Å²) in [7, 11) is 0. The molecule has 1 aliphatic carbocycles. The molecule has 0 aliphatic heterocycles. The quantitative estimate of drug-likeness (QED) is 0.684. The van der Waals surface area contributed by atoms with Crippen molar-refractivity contribution in [2.24, 2.45) is 0 Å². The Bertz CT molecular complexity index is 437. The van der Waals surface area contributed by atoms with E-state index in [0.29, 0.717) is 0 Å². The molecule has 0 unspecified atom stereocenters. The summed E-state index contributed by atoms with van der Waals surface area (Å²) in [5, 5.41) is 13.0. The van der Waals surface area contributed by atoms with Gasteiger partial charge in [-0.25, -0.2) is 4.68 Å². The van der Waals surface area contributed by atoms with Crippen molar-refractivity contribution in [2.75, 3.05) is 0 Å². The van der Waals surface area contributed by atoms with Crippen LogP contribution in [0.4, 0.5) is 0 Å². The van der Waals surface area contributed by atoms with Gasteiger partial charge in [-0.05, 0) is 12.2 Å². The van der Waals surface area contributed by atoms with Gasteiger partial charge < -0.3 is 5.11 Å². The van der Waals surface area contributed by atoms with E-state index < -0.39 is 0 Å². The molecular weight excluding hydrogens is 426 g/mol. The van der Waals surface area contributed by atoms with Crippen molar-refractivity contribution in [1.29, 1.82) is 0 Å². The van der Waals surface area contributed by atoms with Crippen LogP contribution in [0.25, 0.3) is 5.70 Å². The first-order chi connectivity index (χ1) is 6.36. The average Bonchev–Trinajstić information content (AvgIpc) is 2.43. The smallest absolute Gasteiger partial charge is 0.153 e. The van der Waals surface area contributed by atoms with Gasteiger partial charge in [0.1, 0.15) is 0 Å². The van der Waals surface area contributed by atoms with E-state index in [4.69, 9.17) is 5.11 Å². The van der Waals surface area contributed by atoms with Crippen LogP contribution in [-0.4, -0.2) is 14.9 Å². The van der Waals surface area contributed by atoms with Gasteiger partial charge in [0.15, 0.2) is 5.75 Å². The van der Waals surface area contributed by atoms with Crippen molar-refractivity contribution in [2.45, 2.75) is 0 Å². The number of hydrogen-bond acceptors (Lipinski definition) is 2. The maximum Gasteiger partial charge on any atom is 0.153 e. The van der Waals surface area contributed by atoms with Gasteiger partial charge in [-0.15, -0.1) is 5.73 Å². The second kappa shape index (κ2) is 3.61. The predicted molar refractivity (Wildman–Crippen MR) is 50.0 cm³/mol. The molecule has 14 heavy (non-hydrogen) atoms. The Morgan fingerprint density at radius 2 is 2.21 bits per heavy atom. The first kappa shape index (κ1) is 9.10. The minimum absolute atomic E-state index is 0. The molecule has 1 aromatic heterocycles. The van der Waals surface area contributed by atoms with Gasteiger partial charge in [-0.1, -0.05) is 12.2 Å². The Morgan fingerprint density at radius 1 is 1.36 bits per heavy atom. The molecule has 1 N–H and O–H groups in total. The monoisotopic (exact) mass is 434 g/mol. The summed E-state index contributed by atoms with van der Waals surface area (Å²) in [5.74, 6) is 0.159. The van der Waals surface area contributed by atoms with E-state index in [0.717, 1.165) is 5.70 Å². The van der Waals surface area contributed by atoms with Gasteiger partial charge in [0.05, 0.1) is 18.1 Å². The van der Waals surface area contributed by atoms with Crippen molar-refractivity contribution < 1.29 is 5.11 Å². The summed E-state index contributed by atoms with van der Waals surface area (Å²) in [5.41, 5.74) is 3.82. The van der Waals surface area contributed by atoms with Gasteiger partial charge in [0.2, 0.25) is 0 Å². The molecule has 0 fully saturated rings. The van der Waals surface area contributed by atoms with Crippen LogP contribution >= 0.6 is 0 Å². The largest absolute Gasteiger partial charge is 0.505 e. The summed E-state index contributed by atoms with van der Waals surface area (Å²) < 4.78 is 1.59. The van der Waals surface area contributed by atoms with Crippen molar-refractivity contribution in [3.8, 4) is 5.75 Å². The van der Waals surface area contributed by atoms with Crippen molar-refractivity contribution in [1.82, 2.24) is 9.78 Å². The standard InChI is InChI=1S/C10H8N2O.Lr/c13-10-7-11-12(8-10)9-5-3-1-2-4-6-9;/h1-3,5-8,13H;. The molecule has 0 aromatic carbocycles. The van der Waals surface area contributed by atoms with E-state index in [1.165, 1.54) is 6.20 Å². The zero-order valence-corrected chi connectivity index (χ0v) is 9.29. The number of nitrogens with zero attached hydrogens (tertiary/aromatic N) is 2. The minimum Gasteiger partial charge on any atom is -0.505 e. The third-order valence-electron chi connectivity index (χ3n) is 1.64. The van der Waals surface area contributed by atoms with Crippen molar-refractivity contribution >= 4 is 5.70 Å². The minimum atomic E-state index is 0. The summed E-state index contributed by atoms with van der Waals surface area (Å²) in [4.78, 5) is 0. The average molecular weight is 434 g/mol. The fourth-order valence-corrected chi connectivity index (χ4v) is 1.04. The van der Waals surface area contributed by atoms with Gasteiger partial charge in [0.25, 0.3) is 0 Å². The third-order valence-corrected chi connectivity index (χ3v) is 1.64. The number of rotatable bonds is 1. The third kappa shape index (κ3) is 1.60. The molecule has 3 nitrogen and oxygen atoms in total. The van der Waals surface area contributed by atoms with Gasteiger partial charge >= 0.3 is 0 Å². The zero-order chi connectivity index (χ0) is 9.10. The number of allylic oxidation sites excluding steroid dienone is 5. The Balaban J connectivity index is 0.000000980. The summed E-state index contributed by atoms with van der Waals surface area (Å²) in [6.45, 7) is 0. The summed E-state index contributed by atoms with van der Waals surface area (Å²) in [6, 6.07) is 0. The van der Waals surface area contributed by atoms with Crippen molar-refractivity contribution in [3.05, 3.63) is 48.5 Å². The molecule has 1 radical (unpaired) electrons. The molecule has 0 saturated carbocycles. The molecule has 1 aromatic rings. The molecule has 0 atom stereocenters. The normalized spacial score (nSPS) is 13.3. The first-order valence-corrected chi connectivity index (χ1v) is 3.90. The maximum atomic E-state index is 9.08. The number of hydrogen-bond donors (Lipinski definition) is 1. The molecule has 79 valence electrons. The van der Waals surface area contributed by atoms with E-state index >= 15 is 0 Å². The maximum absolute atomic E-state index is 9.08.